The van der Waals surface area contributed by atoms with Crippen molar-refractivity contribution in [2.45, 2.75) is 27.2 Å². The van der Waals surface area contributed by atoms with Gasteiger partial charge in [0.05, 0.1) is 0 Å². The van der Waals surface area contributed by atoms with Gasteiger partial charge in [0.2, 0.25) is 5.78 Å². The molecule has 124 valence electrons. The second-order valence-corrected chi connectivity index (χ2v) is 5.87. The topological polar surface area (TPSA) is 107 Å². The Kier molecular flexibility index (Phi) is 6.71. The first-order valence-electron chi connectivity index (χ1n) is 6.93. The molecule has 23 heavy (non-hydrogen) atoms. The molecule has 0 aliphatic heterocycles. The highest BCUT2D eigenvalue weighted by molar-refractivity contribution is 7.19. The summed E-state index contributed by atoms with van der Waals surface area (Å²) in [5.41, 5.74) is 5.65. The lowest BCUT2D eigenvalue weighted by Crippen LogP contribution is -2.19. The lowest BCUT2D eigenvalue weighted by Gasteiger charge is -2.05. The van der Waals surface area contributed by atoms with Crippen molar-refractivity contribution < 1.29 is 24.2 Å². The van der Waals surface area contributed by atoms with Gasteiger partial charge in [0, 0.05) is 21.9 Å². The highest BCUT2D eigenvalue weighted by Crippen LogP contribution is 2.37. The smallest absolute Gasteiger partial charge is 0.341 e. The monoisotopic (exact) mass is 337 g/mol. The molecule has 2 aromatic rings. The van der Waals surface area contributed by atoms with E-state index in [4.69, 9.17) is 9.84 Å². The molecular formula is C16H19NO5S. The molecular weight excluding hydrogens is 318 g/mol. The molecule has 0 unspecified atom stereocenters. The first-order valence-corrected chi connectivity index (χ1v) is 7.75. The van der Waals surface area contributed by atoms with E-state index >= 15 is 0 Å². The summed E-state index contributed by atoms with van der Waals surface area (Å²) in [4.78, 5) is 31.1. The molecule has 0 spiro atoms. The average molecular weight is 337 g/mol. The summed E-state index contributed by atoms with van der Waals surface area (Å²) < 4.78 is 6.48. The van der Waals surface area contributed by atoms with E-state index in [0.717, 1.165) is 23.4 Å². The second kappa shape index (κ2) is 8.28. The van der Waals surface area contributed by atoms with E-state index in [1.807, 2.05) is 18.2 Å². The summed E-state index contributed by atoms with van der Waals surface area (Å²) in [6, 6.07) is 5.76. The Balaban J connectivity index is 0.000000379. The fourth-order valence-electron chi connectivity index (χ4n) is 1.91. The molecule has 0 bridgehead atoms. The number of nitrogens with two attached hydrogens (primary N) is 1. The van der Waals surface area contributed by atoms with Gasteiger partial charge < -0.3 is 15.6 Å². The quantitative estimate of drug-likeness (QED) is 0.814. The number of ether oxygens (including phenoxy) is 1. The maximum Gasteiger partial charge on any atom is 0.341 e. The maximum atomic E-state index is 10.5. The Morgan fingerprint density at radius 3 is 2.39 bits per heavy atom. The number of Topliss-reactive ketones (excluding diaryl/α,β-unsaturated/α-hetero) is 1. The van der Waals surface area contributed by atoms with Crippen molar-refractivity contribution in [3.05, 3.63) is 28.6 Å². The van der Waals surface area contributed by atoms with Gasteiger partial charge in [-0.2, -0.15) is 0 Å². The van der Waals surface area contributed by atoms with Gasteiger partial charge in [0.15, 0.2) is 6.61 Å². The number of ketones is 1. The minimum atomic E-state index is -0.953. The van der Waals surface area contributed by atoms with Gasteiger partial charge in [-0.05, 0) is 31.0 Å². The summed E-state index contributed by atoms with van der Waals surface area (Å²) >= 11 is 1.74. The Hall–Kier alpha value is -2.41. The van der Waals surface area contributed by atoms with Crippen LogP contribution in [0.4, 0.5) is 0 Å². The predicted molar refractivity (Wildman–Crippen MR) is 88.9 cm³/mol. The average Bonchev–Trinajstić information content (AvgIpc) is 2.82. The molecule has 2 rings (SSSR count). The number of thiophene rings is 1. The fourth-order valence-corrected chi connectivity index (χ4v) is 3.08. The van der Waals surface area contributed by atoms with Crippen molar-refractivity contribution in [1.82, 2.24) is 0 Å². The molecule has 0 atom stereocenters. The lowest BCUT2D eigenvalue weighted by atomic mass is 10.1. The number of aryl methyl sites for hydroxylation is 2. The van der Waals surface area contributed by atoms with Crippen molar-refractivity contribution in [2.24, 2.45) is 5.73 Å². The van der Waals surface area contributed by atoms with E-state index in [9.17, 15) is 14.4 Å². The van der Waals surface area contributed by atoms with Crippen LogP contribution in [-0.4, -0.2) is 29.4 Å². The molecule has 1 heterocycles. The molecule has 6 nitrogen and oxygen atoms in total. The SMILES string of the molecule is CC(=O)C(N)=O.CCc1sc2cccc(OCC(=O)O)c2c1C. The number of carboxylic acids is 1. The van der Waals surface area contributed by atoms with E-state index in [-0.39, 0.29) is 6.61 Å². The summed E-state index contributed by atoms with van der Waals surface area (Å²) in [5, 5.41) is 9.70. The summed E-state index contributed by atoms with van der Waals surface area (Å²) in [6.45, 7) is 5.01. The lowest BCUT2D eigenvalue weighted by molar-refractivity contribution is -0.139. The zero-order chi connectivity index (χ0) is 17.6. The standard InChI is InChI=1S/C13H14O3S.C3H5NO2/c1-3-10-8(2)13-9(16-7-12(14)15)5-4-6-11(13)17-10;1-2(5)3(4)6/h4-6H,3,7H2,1-2H3,(H,14,15);1H3,(H2,4,6). The zero-order valence-corrected chi connectivity index (χ0v) is 14.0. The molecule has 0 aliphatic carbocycles. The van der Waals surface area contributed by atoms with Crippen LogP contribution >= 0.6 is 11.3 Å². The molecule has 3 N–H and O–H groups in total. The van der Waals surface area contributed by atoms with E-state index in [1.165, 1.54) is 10.4 Å². The largest absolute Gasteiger partial charge is 0.481 e. The van der Waals surface area contributed by atoms with Gasteiger partial charge >= 0.3 is 5.97 Å². The highest BCUT2D eigenvalue weighted by atomic mass is 32.1. The first-order chi connectivity index (χ1) is 10.8. The molecule has 1 aromatic heterocycles. The van der Waals surface area contributed by atoms with Crippen LogP contribution in [-0.2, 0) is 20.8 Å². The van der Waals surface area contributed by atoms with Crippen LogP contribution in [0.1, 0.15) is 24.3 Å². The molecule has 1 amide bonds. The molecule has 0 saturated heterocycles. The normalized spacial score (nSPS) is 9.87. The van der Waals surface area contributed by atoms with Crippen LogP contribution in [0.3, 0.4) is 0 Å². The van der Waals surface area contributed by atoms with Crippen LogP contribution in [0.5, 0.6) is 5.75 Å². The minimum Gasteiger partial charge on any atom is -0.481 e. The predicted octanol–water partition coefficient (Wildman–Crippen LogP) is 2.30. The summed E-state index contributed by atoms with van der Waals surface area (Å²) in [7, 11) is 0. The van der Waals surface area contributed by atoms with E-state index in [2.05, 4.69) is 19.6 Å². The Morgan fingerprint density at radius 2 is 1.91 bits per heavy atom. The molecule has 7 heteroatoms. The van der Waals surface area contributed by atoms with Crippen LogP contribution in [0.15, 0.2) is 18.2 Å². The van der Waals surface area contributed by atoms with Crippen molar-refractivity contribution in [3.63, 3.8) is 0 Å². The Labute approximate surface area is 137 Å². The van der Waals surface area contributed by atoms with Crippen molar-refractivity contribution in [2.75, 3.05) is 6.61 Å². The third-order valence-electron chi connectivity index (χ3n) is 3.03. The fraction of sp³-hybridized carbons (Fsp3) is 0.312. The van der Waals surface area contributed by atoms with Crippen LogP contribution in [0.2, 0.25) is 0 Å². The molecule has 0 radical (unpaired) electrons. The van der Waals surface area contributed by atoms with Crippen molar-refractivity contribution in [3.8, 4) is 5.75 Å². The van der Waals surface area contributed by atoms with Crippen molar-refractivity contribution >= 4 is 39.1 Å². The van der Waals surface area contributed by atoms with Gasteiger partial charge in [0.25, 0.3) is 5.91 Å². The van der Waals surface area contributed by atoms with Gasteiger partial charge in [-0.15, -0.1) is 11.3 Å². The number of carbonyl (C=O) groups is 3. The van der Waals surface area contributed by atoms with Crippen LogP contribution in [0, 0.1) is 6.92 Å². The van der Waals surface area contributed by atoms with Gasteiger partial charge in [0.1, 0.15) is 5.75 Å². The number of hydrogen-bond acceptors (Lipinski definition) is 5. The second-order valence-electron chi connectivity index (χ2n) is 4.74. The number of aliphatic carboxylic acids is 1. The van der Waals surface area contributed by atoms with Gasteiger partial charge in [-0.3, -0.25) is 9.59 Å². The number of carbonyl (C=O) groups excluding carboxylic acids is 2. The number of benzene rings is 1. The van der Waals surface area contributed by atoms with E-state index in [1.54, 1.807) is 11.3 Å². The Morgan fingerprint density at radius 1 is 1.30 bits per heavy atom. The number of fused-ring (bicyclic) bond motifs is 1. The van der Waals surface area contributed by atoms with E-state index < -0.39 is 17.7 Å². The number of rotatable bonds is 5. The number of amides is 1. The van der Waals surface area contributed by atoms with Crippen LogP contribution < -0.4 is 10.5 Å². The zero-order valence-electron chi connectivity index (χ0n) is 13.2. The molecule has 0 aliphatic rings. The minimum absolute atomic E-state index is 0.296. The molecule has 0 saturated carbocycles. The van der Waals surface area contributed by atoms with Gasteiger partial charge in [-0.25, -0.2) is 4.79 Å². The van der Waals surface area contributed by atoms with E-state index in [0.29, 0.717) is 5.75 Å². The number of primary amides is 1. The summed E-state index contributed by atoms with van der Waals surface area (Å²) in [6.07, 6.45) is 0.990. The molecule has 0 fully saturated rings. The number of carboxylic acid groups (broad SMARTS) is 1. The Bertz CT molecular complexity index is 723. The molecule has 1 aromatic carbocycles. The van der Waals surface area contributed by atoms with Gasteiger partial charge in [-0.1, -0.05) is 13.0 Å². The summed E-state index contributed by atoms with van der Waals surface area (Å²) in [5.74, 6) is -1.77. The third kappa shape index (κ3) is 5.07. The highest BCUT2D eigenvalue weighted by Gasteiger charge is 2.12. The van der Waals surface area contributed by atoms with Crippen LogP contribution in [0.25, 0.3) is 10.1 Å². The first kappa shape index (κ1) is 18.6. The number of hydrogen-bond donors (Lipinski definition) is 2. The maximum absolute atomic E-state index is 10.5. The van der Waals surface area contributed by atoms with Crippen molar-refractivity contribution in [1.29, 1.82) is 0 Å². The third-order valence-corrected chi connectivity index (χ3v) is 4.44.